The van der Waals surface area contributed by atoms with Crippen LogP contribution in [0.4, 0.5) is 27.5 Å². The largest absolute Gasteiger partial charge is 0.378 e. The van der Waals surface area contributed by atoms with E-state index in [0.29, 0.717) is 26.3 Å². The van der Waals surface area contributed by atoms with Gasteiger partial charge in [0.25, 0.3) is 5.91 Å². The molecule has 0 saturated carbocycles. The Hall–Kier alpha value is -3.83. The molecule has 1 amide bonds. The summed E-state index contributed by atoms with van der Waals surface area (Å²) in [5.74, 6) is -0.767. The molecule has 2 saturated heterocycles. The third kappa shape index (κ3) is 5.69. The number of hydrogen-bond acceptors (Lipinski definition) is 9. The Morgan fingerprint density at radius 1 is 1.08 bits per heavy atom. The number of carbonyl (C=O) groups excluding carboxylic acids is 1. The molecular weight excluding hydrogens is 465 g/mol. The molecule has 2 aliphatic rings. The lowest BCUT2D eigenvalue weighted by Crippen LogP contribution is -2.38. The SMILES string of the molecule is Cc1cc(Nc2ccc(C(=O)NNc3ncc(F)c(N4CCOCC4)n3)nc2)cc(C2CCCO2)c1. The van der Waals surface area contributed by atoms with Gasteiger partial charge in [-0.15, -0.1) is 0 Å². The number of nitrogens with zero attached hydrogens (tertiary/aromatic N) is 4. The molecule has 1 atom stereocenters. The summed E-state index contributed by atoms with van der Waals surface area (Å²) in [5, 5.41) is 3.34. The molecule has 0 radical (unpaired) electrons. The minimum atomic E-state index is -0.532. The Kier molecular flexibility index (Phi) is 7.19. The van der Waals surface area contributed by atoms with Crippen LogP contribution in [0.1, 0.15) is 40.6 Å². The van der Waals surface area contributed by atoms with Crippen LogP contribution >= 0.6 is 0 Å². The maximum atomic E-state index is 14.2. The molecule has 3 aromatic rings. The molecule has 10 nitrogen and oxygen atoms in total. The topological polar surface area (TPSA) is 114 Å². The lowest BCUT2D eigenvalue weighted by atomic mass is 10.0. The lowest BCUT2D eigenvalue weighted by Gasteiger charge is -2.28. The first kappa shape index (κ1) is 23.9. The van der Waals surface area contributed by atoms with Crippen molar-refractivity contribution in [2.45, 2.75) is 25.9 Å². The Morgan fingerprint density at radius 3 is 2.69 bits per heavy atom. The molecule has 2 aromatic heterocycles. The molecule has 0 bridgehead atoms. The number of rotatable bonds is 7. The van der Waals surface area contributed by atoms with Gasteiger partial charge in [0.05, 0.1) is 37.4 Å². The summed E-state index contributed by atoms with van der Waals surface area (Å²) in [6, 6.07) is 9.68. The van der Waals surface area contributed by atoms with Crippen molar-refractivity contribution in [2.75, 3.05) is 48.6 Å². The number of carbonyl (C=O) groups is 1. The first-order valence-electron chi connectivity index (χ1n) is 11.9. The molecule has 11 heteroatoms. The number of halogens is 1. The van der Waals surface area contributed by atoms with Gasteiger partial charge in [0, 0.05) is 25.4 Å². The molecule has 2 fully saturated rings. The van der Waals surface area contributed by atoms with Crippen molar-refractivity contribution in [1.29, 1.82) is 0 Å². The van der Waals surface area contributed by atoms with E-state index in [2.05, 4.69) is 56.2 Å². The second-order valence-corrected chi connectivity index (χ2v) is 8.73. The molecule has 2 aliphatic heterocycles. The van der Waals surface area contributed by atoms with E-state index >= 15 is 0 Å². The number of anilines is 4. The van der Waals surface area contributed by atoms with Crippen molar-refractivity contribution in [1.82, 2.24) is 20.4 Å². The van der Waals surface area contributed by atoms with Gasteiger partial charge < -0.3 is 19.7 Å². The number of pyridine rings is 1. The van der Waals surface area contributed by atoms with Crippen LogP contribution in [0.25, 0.3) is 0 Å². The van der Waals surface area contributed by atoms with E-state index in [9.17, 15) is 9.18 Å². The monoisotopic (exact) mass is 493 g/mol. The molecule has 4 heterocycles. The van der Waals surface area contributed by atoms with Crippen LogP contribution < -0.4 is 21.1 Å². The Labute approximate surface area is 208 Å². The summed E-state index contributed by atoms with van der Waals surface area (Å²) in [6.07, 6.45) is 4.90. The molecule has 188 valence electrons. The zero-order valence-corrected chi connectivity index (χ0v) is 20.0. The van der Waals surface area contributed by atoms with Gasteiger partial charge in [0.2, 0.25) is 5.95 Å². The van der Waals surface area contributed by atoms with E-state index in [1.165, 1.54) is 0 Å². The number of ether oxygens (including phenoxy) is 2. The van der Waals surface area contributed by atoms with Gasteiger partial charge in [0.15, 0.2) is 11.6 Å². The van der Waals surface area contributed by atoms with E-state index < -0.39 is 11.7 Å². The fraction of sp³-hybridized carbons (Fsp3) is 0.360. The van der Waals surface area contributed by atoms with Gasteiger partial charge in [-0.1, -0.05) is 6.07 Å². The quantitative estimate of drug-likeness (QED) is 0.426. The number of hydrogen-bond donors (Lipinski definition) is 3. The highest BCUT2D eigenvalue weighted by molar-refractivity contribution is 5.93. The summed E-state index contributed by atoms with van der Waals surface area (Å²) < 4.78 is 25.3. The summed E-state index contributed by atoms with van der Waals surface area (Å²) >= 11 is 0. The van der Waals surface area contributed by atoms with Gasteiger partial charge in [-0.05, 0) is 55.2 Å². The summed E-state index contributed by atoms with van der Waals surface area (Å²) in [5.41, 5.74) is 9.32. The van der Waals surface area contributed by atoms with Crippen LogP contribution in [0, 0.1) is 12.7 Å². The number of aromatic nitrogens is 3. The number of amides is 1. The van der Waals surface area contributed by atoms with E-state index in [1.807, 2.05) is 0 Å². The average molecular weight is 494 g/mol. The van der Waals surface area contributed by atoms with Gasteiger partial charge in [0.1, 0.15) is 5.69 Å². The molecule has 3 N–H and O–H groups in total. The highest BCUT2D eigenvalue weighted by atomic mass is 19.1. The molecule has 1 unspecified atom stereocenters. The predicted octanol–water partition coefficient (Wildman–Crippen LogP) is 3.51. The van der Waals surface area contributed by atoms with Gasteiger partial charge >= 0.3 is 0 Å². The van der Waals surface area contributed by atoms with E-state index in [-0.39, 0.29) is 23.6 Å². The standard InChI is InChI=1S/C25H28FN7O3/c1-16-11-17(22-3-2-8-36-22)13-19(12-16)29-18-4-5-21(27-14-18)24(34)31-32-25-28-15-20(26)23(30-25)33-6-9-35-10-7-33/h4-5,11-15,22,29H,2-3,6-10H2,1H3,(H,31,34)(H,28,30,32). The number of morpholine rings is 1. The maximum Gasteiger partial charge on any atom is 0.288 e. The van der Waals surface area contributed by atoms with Gasteiger partial charge in [-0.25, -0.2) is 14.4 Å². The lowest BCUT2D eigenvalue weighted by molar-refractivity contribution is 0.0957. The summed E-state index contributed by atoms with van der Waals surface area (Å²) in [4.78, 5) is 26.7. The smallest absolute Gasteiger partial charge is 0.288 e. The van der Waals surface area contributed by atoms with Crippen molar-refractivity contribution >= 4 is 29.0 Å². The maximum absolute atomic E-state index is 14.2. The number of benzene rings is 1. The highest BCUT2D eigenvalue weighted by Crippen LogP contribution is 2.31. The van der Waals surface area contributed by atoms with Crippen LogP contribution in [0.15, 0.2) is 42.7 Å². The molecule has 1 aromatic carbocycles. The van der Waals surface area contributed by atoms with Crippen molar-refractivity contribution in [3.8, 4) is 0 Å². The number of hydrazine groups is 1. The van der Waals surface area contributed by atoms with E-state index in [1.54, 1.807) is 23.2 Å². The van der Waals surface area contributed by atoms with E-state index in [0.717, 1.165) is 48.1 Å². The Balaban J connectivity index is 1.20. The van der Waals surface area contributed by atoms with Crippen molar-refractivity contribution in [3.05, 3.63) is 65.4 Å². The van der Waals surface area contributed by atoms with Crippen LogP contribution in [-0.2, 0) is 9.47 Å². The minimum absolute atomic E-state index is 0.0750. The Bertz CT molecular complexity index is 1210. The van der Waals surface area contributed by atoms with Crippen LogP contribution in [0.5, 0.6) is 0 Å². The molecule has 0 aliphatic carbocycles. The van der Waals surface area contributed by atoms with Gasteiger partial charge in [-0.3, -0.25) is 15.6 Å². The zero-order chi connectivity index (χ0) is 24.9. The first-order chi connectivity index (χ1) is 17.5. The average Bonchev–Trinajstić information content (AvgIpc) is 3.44. The second kappa shape index (κ2) is 10.8. The molecule has 5 rings (SSSR count). The van der Waals surface area contributed by atoms with Crippen molar-refractivity contribution in [3.63, 3.8) is 0 Å². The highest BCUT2D eigenvalue weighted by Gasteiger charge is 2.19. The number of nitrogens with one attached hydrogen (secondary N) is 3. The van der Waals surface area contributed by atoms with Gasteiger partial charge in [-0.2, -0.15) is 4.98 Å². The second-order valence-electron chi connectivity index (χ2n) is 8.73. The summed E-state index contributed by atoms with van der Waals surface area (Å²) in [6.45, 7) is 4.91. The molecular formula is C25H28FN7O3. The fourth-order valence-corrected chi connectivity index (χ4v) is 4.27. The predicted molar refractivity (Wildman–Crippen MR) is 133 cm³/mol. The van der Waals surface area contributed by atoms with Crippen molar-refractivity contribution < 1.29 is 18.7 Å². The first-order valence-corrected chi connectivity index (χ1v) is 11.9. The minimum Gasteiger partial charge on any atom is -0.378 e. The number of aryl methyl sites for hydroxylation is 1. The molecule has 36 heavy (non-hydrogen) atoms. The van der Waals surface area contributed by atoms with E-state index in [4.69, 9.17) is 9.47 Å². The zero-order valence-electron chi connectivity index (χ0n) is 20.0. The Morgan fingerprint density at radius 2 is 1.94 bits per heavy atom. The third-order valence-corrected chi connectivity index (χ3v) is 6.01. The van der Waals surface area contributed by atoms with Crippen molar-refractivity contribution in [2.24, 2.45) is 0 Å². The van der Waals surface area contributed by atoms with Crippen LogP contribution in [0.2, 0.25) is 0 Å². The molecule has 0 spiro atoms. The van der Waals surface area contributed by atoms with Crippen LogP contribution in [0.3, 0.4) is 0 Å². The normalized spacial score (nSPS) is 17.6. The van der Waals surface area contributed by atoms with Crippen LogP contribution in [-0.4, -0.2) is 53.8 Å². The third-order valence-electron chi connectivity index (χ3n) is 6.01. The fourth-order valence-electron chi connectivity index (χ4n) is 4.27. The summed E-state index contributed by atoms with van der Waals surface area (Å²) in [7, 11) is 0.